The Bertz CT molecular complexity index is 490. The monoisotopic (exact) mass is 345 g/mol. The number of nitrogens with one attached hydrogen (secondary N) is 1. The van der Waals surface area contributed by atoms with Crippen LogP contribution < -0.4 is 5.32 Å². The highest BCUT2D eigenvalue weighted by atomic mass is 127. The molecule has 0 atom stereocenters. The van der Waals surface area contributed by atoms with Gasteiger partial charge in [-0.3, -0.25) is 4.68 Å². The van der Waals surface area contributed by atoms with Gasteiger partial charge in [-0.2, -0.15) is 5.10 Å². The van der Waals surface area contributed by atoms with Gasteiger partial charge in [0.05, 0.1) is 12.2 Å². The third-order valence-corrected chi connectivity index (χ3v) is 3.15. The highest BCUT2D eigenvalue weighted by Gasteiger charge is 2.05. The molecule has 0 aromatic carbocycles. The third kappa shape index (κ3) is 3.32. The topological polar surface area (TPSA) is 43.0 Å². The first-order valence-corrected chi connectivity index (χ1v) is 6.73. The van der Waals surface area contributed by atoms with Gasteiger partial charge in [0.1, 0.15) is 5.76 Å². The standard InChI is InChI=1S/C12H16IN3O/c1-3-11-9(8-16(2)15-11)6-14-7-10-4-5-12(13)17-10/h4-5,8,14H,3,6-7H2,1-2H3. The molecule has 0 bridgehead atoms. The van der Waals surface area contributed by atoms with Gasteiger partial charge in [-0.25, -0.2) is 0 Å². The molecule has 4 nitrogen and oxygen atoms in total. The van der Waals surface area contributed by atoms with Crippen molar-refractivity contribution in [2.45, 2.75) is 26.4 Å². The van der Waals surface area contributed by atoms with Crippen LogP contribution in [0.15, 0.2) is 22.7 Å². The molecule has 0 saturated heterocycles. The average molecular weight is 345 g/mol. The van der Waals surface area contributed by atoms with E-state index in [-0.39, 0.29) is 0 Å². The van der Waals surface area contributed by atoms with Gasteiger partial charge in [-0.15, -0.1) is 0 Å². The normalized spacial score (nSPS) is 11.0. The Balaban J connectivity index is 1.89. The number of aromatic nitrogens is 2. The lowest BCUT2D eigenvalue weighted by molar-refractivity contribution is 0.463. The van der Waals surface area contributed by atoms with Crippen molar-refractivity contribution in [1.29, 1.82) is 0 Å². The lowest BCUT2D eigenvalue weighted by atomic mass is 10.2. The minimum atomic E-state index is 0.751. The molecule has 2 aromatic rings. The molecule has 0 aliphatic heterocycles. The van der Waals surface area contributed by atoms with Gasteiger partial charge in [0.25, 0.3) is 0 Å². The molecule has 17 heavy (non-hydrogen) atoms. The van der Waals surface area contributed by atoms with E-state index in [1.165, 1.54) is 5.56 Å². The van der Waals surface area contributed by atoms with Crippen LogP contribution in [0.4, 0.5) is 0 Å². The molecule has 2 aromatic heterocycles. The SMILES string of the molecule is CCc1nn(C)cc1CNCc1ccc(I)o1. The minimum absolute atomic E-state index is 0.751. The molecule has 0 aliphatic carbocycles. The zero-order valence-electron chi connectivity index (χ0n) is 10.0. The highest BCUT2D eigenvalue weighted by molar-refractivity contribution is 14.1. The zero-order valence-corrected chi connectivity index (χ0v) is 12.2. The molecule has 92 valence electrons. The quantitative estimate of drug-likeness (QED) is 0.847. The van der Waals surface area contributed by atoms with Crippen molar-refractivity contribution in [3.05, 3.63) is 39.1 Å². The summed E-state index contributed by atoms with van der Waals surface area (Å²) in [4.78, 5) is 0. The van der Waals surface area contributed by atoms with Crippen LogP contribution in [-0.2, 0) is 26.6 Å². The molecule has 0 aliphatic rings. The Kier molecular flexibility index (Phi) is 4.22. The maximum atomic E-state index is 5.49. The number of rotatable bonds is 5. The number of hydrogen-bond donors (Lipinski definition) is 1. The van der Waals surface area contributed by atoms with Crippen LogP contribution in [0.25, 0.3) is 0 Å². The number of aryl methyl sites for hydroxylation is 2. The van der Waals surface area contributed by atoms with Crippen molar-refractivity contribution in [2.75, 3.05) is 0 Å². The van der Waals surface area contributed by atoms with Crippen molar-refractivity contribution < 1.29 is 4.42 Å². The smallest absolute Gasteiger partial charge is 0.164 e. The van der Waals surface area contributed by atoms with E-state index >= 15 is 0 Å². The van der Waals surface area contributed by atoms with E-state index in [1.807, 2.05) is 23.9 Å². The number of furan rings is 1. The molecular formula is C12H16IN3O. The number of halogens is 1. The summed E-state index contributed by atoms with van der Waals surface area (Å²) in [5.74, 6) is 0.969. The summed E-state index contributed by atoms with van der Waals surface area (Å²) in [6.45, 7) is 3.70. The minimum Gasteiger partial charge on any atom is -0.454 e. The predicted octanol–water partition coefficient (Wildman–Crippen LogP) is 2.47. The van der Waals surface area contributed by atoms with Crippen LogP contribution in [0, 0.1) is 3.77 Å². The van der Waals surface area contributed by atoms with E-state index in [0.29, 0.717) is 0 Å². The summed E-state index contributed by atoms with van der Waals surface area (Å²) in [6.07, 6.45) is 3.04. The molecule has 2 heterocycles. The van der Waals surface area contributed by atoms with Crippen molar-refractivity contribution in [3.8, 4) is 0 Å². The number of hydrogen-bond acceptors (Lipinski definition) is 3. The second-order valence-corrected chi connectivity index (χ2v) is 5.00. The molecule has 1 N–H and O–H groups in total. The summed E-state index contributed by atoms with van der Waals surface area (Å²) < 4.78 is 8.28. The van der Waals surface area contributed by atoms with Gasteiger partial charge < -0.3 is 9.73 Å². The Hall–Kier alpha value is -0.820. The second kappa shape index (κ2) is 5.68. The average Bonchev–Trinajstić information content (AvgIpc) is 2.85. The Labute approximate surface area is 115 Å². The van der Waals surface area contributed by atoms with Crippen LogP contribution in [0.1, 0.15) is 23.9 Å². The fourth-order valence-electron chi connectivity index (χ4n) is 1.80. The fourth-order valence-corrected chi connectivity index (χ4v) is 2.26. The van der Waals surface area contributed by atoms with E-state index in [0.717, 1.165) is 34.7 Å². The Morgan fingerprint density at radius 3 is 2.88 bits per heavy atom. The van der Waals surface area contributed by atoms with E-state index in [9.17, 15) is 0 Å². The summed E-state index contributed by atoms with van der Waals surface area (Å²) in [7, 11) is 1.96. The van der Waals surface area contributed by atoms with E-state index in [4.69, 9.17) is 4.42 Å². The van der Waals surface area contributed by atoms with Gasteiger partial charge in [-0.05, 0) is 41.1 Å². The molecular weight excluding hydrogens is 329 g/mol. The lowest BCUT2D eigenvalue weighted by Crippen LogP contribution is -2.12. The van der Waals surface area contributed by atoms with Crippen molar-refractivity contribution in [3.63, 3.8) is 0 Å². The summed E-state index contributed by atoms with van der Waals surface area (Å²) in [5.41, 5.74) is 2.42. The number of nitrogens with zero attached hydrogens (tertiary/aromatic N) is 2. The van der Waals surface area contributed by atoms with E-state index in [1.54, 1.807) is 0 Å². The maximum absolute atomic E-state index is 5.49. The first-order chi connectivity index (χ1) is 8.19. The Morgan fingerprint density at radius 2 is 2.24 bits per heavy atom. The summed E-state index contributed by atoms with van der Waals surface area (Å²) in [5, 5.41) is 7.78. The molecule has 0 spiro atoms. The third-order valence-electron chi connectivity index (χ3n) is 2.57. The van der Waals surface area contributed by atoms with Gasteiger partial charge in [0.15, 0.2) is 3.77 Å². The predicted molar refractivity (Wildman–Crippen MR) is 74.6 cm³/mol. The lowest BCUT2D eigenvalue weighted by Gasteiger charge is -2.01. The molecule has 5 heteroatoms. The van der Waals surface area contributed by atoms with Crippen LogP contribution in [0.2, 0.25) is 0 Å². The molecule has 0 fully saturated rings. The van der Waals surface area contributed by atoms with Crippen molar-refractivity contribution in [1.82, 2.24) is 15.1 Å². The second-order valence-electron chi connectivity index (χ2n) is 3.94. The molecule has 0 amide bonds. The van der Waals surface area contributed by atoms with Gasteiger partial charge >= 0.3 is 0 Å². The van der Waals surface area contributed by atoms with Gasteiger partial charge in [-0.1, -0.05) is 6.92 Å². The van der Waals surface area contributed by atoms with Crippen LogP contribution in [-0.4, -0.2) is 9.78 Å². The Morgan fingerprint density at radius 1 is 1.41 bits per heavy atom. The van der Waals surface area contributed by atoms with Crippen LogP contribution >= 0.6 is 22.6 Å². The largest absolute Gasteiger partial charge is 0.454 e. The molecule has 0 radical (unpaired) electrons. The molecule has 0 unspecified atom stereocenters. The summed E-state index contributed by atoms with van der Waals surface area (Å²) >= 11 is 2.17. The highest BCUT2D eigenvalue weighted by Crippen LogP contribution is 2.11. The maximum Gasteiger partial charge on any atom is 0.164 e. The fraction of sp³-hybridized carbons (Fsp3) is 0.417. The van der Waals surface area contributed by atoms with E-state index in [2.05, 4.69) is 46.1 Å². The van der Waals surface area contributed by atoms with E-state index < -0.39 is 0 Å². The molecule has 0 saturated carbocycles. The van der Waals surface area contributed by atoms with Gasteiger partial charge in [0.2, 0.25) is 0 Å². The van der Waals surface area contributed by atoms with Crippen molar-refractivity contribution in [2.24, 2.45) is 7.05 Å². The summed E-state index contributed by atoms with van der Waals surface area (Å²) in [6, 6.07) is 3.97. The van der Waals surface area contributed by atoms with Crippen LogP contribution in [0.5, 0.6) is 0 Å². The zero-order chi connectivity index (χ0) is 12.3. The first-order valence-electron chi connectivity index (χ1n) is 5.65. The molecule has 2 rings (SSSR count). The van der Waals surface area contributed by atoms with Crippen molar-refractivity contribution >= 4 is 22.6 Å². The first kappa shape index (κ1) is 12.6. The van der Waals surface area contributed by atoms with Gasteiger partial charge in [0, 0.05) is 25.4 Å². The van der Waals surface area contributed by atoms with Crippen LogP contribution in [0.3, 0.4) is 0 Å².